The molecule has 2 atom stereocenters. The normalized spacial score (nSPS) is 19.8. The van der Waals surface area contributed by atoms with Gasteiger partial charge in [-0.1, -0.05) is 43.2 Å². The van der Waals surface area contributed by atoms with Crippen LogP contribution in [-0.4, -0.2) is 29.9 Å². The molecule has 5 rings (SSSR count). The first-order chi connectivity index (χ1) is 19.6. The predicted molar refractivity (Wildman–Crippen MR) is 155 cm³/mol. The van der Waals surface area contributed by atoms with Crippen LogP contribution in [0.25, 0.3) is 0 Å². The van der Waals surface area contributed by atoms with Crippen molar-refractivity contribution < 1.29 is 22.4 Å². The van der Waals surface area contributed by atoms with Crippen molar-refractivity contribution in [3.05, 3.63) is 94.3 Å². The number of hydrogen-bond acceptors (Lipinski definition) is 3. The SMILES string of the molecule is Cc1ccc(NCC2CCCN(C(=O)c3c(C)cccc3F)[C@H]2c2ccc(NC3CCCC3)cc2)cc1C(F)(F)F. The molecule has 1 aliphatic heterocycles. The Bertz CT molecular complexity index is 1350. The minimum atomic E-state index is -4.44. The zero-order valence-corrected chi connectivity index (χ0v) is 23.5. The number of halogens is 4. The average Bonchev–Trinajstić information content (AvgIpc) is 3.45. The third kappa shape index (κ3) is 6.52. The Kier molecular flexibility index (Phi) is 8.57. The molecule has 0 bridgehead atoms. The summed E-state index contributed by atoms with van der Waals surface area (Å²) in [6.45, 7) is 4.02. The number of carbonyl (C=O) groups is 1. The van der Waals surface area contributed by atoms with Crippen LogP contribution in [0.4, 0.5) is 28.9 Å². The van der Waals surface area contributed by atoms with Crippen molar-refractivity contribution in [3.8, 4) is 0 Å². The summed E-state index contributed by atoms with van der Waals surface area (Å²) in [5.41, 5.74) is 2.47. The quantitative estimate of drug-likeness (QED) is 0.281. The minimum Gasteiger partial charge on any atom is -0.385 e. The van der Waals surface area contributed by atoms with Crippen LogP contribution in [0.3, 0.4) is 0 Å². The van der Waals surface area contributed by atoms with Crippen LogP contribution in [0.15, 0.2) is 60.7 Å². The van der Waals surface area contributed by atoms with Crippen LogP contribution in [0, 0.1) is 25.6 Å². The van der Waals surface area contributed by atoms with E-state index in [1.807, 2.05) is 24.3 Å². The minimum absolute atomic E-state index is 0.0685. The molecular formula is C33H37F4N3O. The summed E-state index contributed by atoms with van der Waals surface area (Å²) in [4.78, 5) is 15.6. The second kappa shape index (κ2) is 12.1. The van der Waals surface area contributed by atoms with Gasteiger partial charge in [0.05, 0.1) is 17.2 Å². The molecule has 8 heteroatoms. The fraction of sp³-hybridized carbons (Fsp3) is 0.424. The van der Waals surface area contributed by atoms with Gasteiger partial charge in [-0.25, -0.2) is 4.39 Å². The molecule has 1 saturated carbocycles. The summed E-state index contributed by atoms with van der Waals surface area (Å²) in [5.74, 6) is -1.01. The monoisotopic (exact) mass is 567 g/mol. The molecule has 0 spiro atoms. The fourth-order valence-corrected chi connectivity index (χ4v) is 6.38. The highest BCUT2D eigenvalue weighted by Crippen LogP contribution is 2.39. The molecule has 3 aromatic rings. The van der Waals surface area contributed by atoms with Crippen LogP contribution in [0.5, 0.6) is 0 Å². The van der Waals surface area contributed by atoms with Gasteiger partial charge in [0.25, 0.3) is 5.91 Å². The highest BCUT2D eigenvalue weighted by Gasteiger charge is 2.37. The second-order valence-corrected chi connectivity index (χ2v) is 11.4. The summed E-state index contributed by atoms with van der Waals surface area (Å²) in [6, 6.07) is 17.1. The summed E-state index contributed by atoms with van der Waals surface area (Å²) >= 11 is 0. The van der Waals surface area contributed by atoms with Crippen LogP contribution < -0.4 is 10.6 Å². The van der Waals surface area contributed by atoms with Gasteiger partial charge in [0.1, 0.15) is 5.82 Å². The number of piperidine rings is 1. The zero-order valence-electron chi connectivity index (χ0n) is 23.5. The van der Waals surface area contributed by atoms with Gasteiger partial charge < -0.3 is 15.5 Å². The molecule has 218 valence electrons. The number of carbonyl (C=O) groups excluding carboxylic acids is 1. The Labute approximate surface area is 239 Å². The highest BCUT2D eigenvalue weighted by molar-refractivity contribution is 5.96. The van der Waals surface area contributed by atoms with E-state index < -0.39 is 17.6 Å². The van der Waals surface area contributed by atoms with Gasteiger partial charge >= 0.3 is 6.18 Å². The zero-order chi connectivity index (χ0) is 29.1. The summed E-state index contributed by atoms with van der Waals surface area (Å²) in [6.07, 6.45) is 1.80. The molecule has 1 unspecified atom stereocenters. The molecule has 1 aliphatic carbocycles. The number of nitrogens with zero attached hydrogens (tertiary/aromatic N) is 1. The highest BCUT2D eigenvalue weighted by atomic mass is 19.4. The third-order valence-electron chi connectivity index (χ3n) is 8.54. The summed E-state index contributed by atoms with van der Waals surface area (Å²) < 4.78 is 55.5. The van der Waals surface area contributed by atoms with E-state index in [9.17, 15) is 22.4 Å². The second-order valence-electron chi connectivity index (χ2n) is 11.4. The number of rotatable bonds is 7. The average molecular weight is 568 g/mol. The fourth-order valence-electron chi connectivity index (χ4n) is 6.38. The lowest BCUT2D eigenvalue weighted by atomic mass is 9.83. The van der Waals surface area contributed by atoms with E-state index in [1.165, 1.54) is 31.9 Å². The smallest absolute Gasteiger partial charge is 0.385 e. The molecule has 41 heavy (non-hydrogen) atoms. The topological polar surface area (TPSA) is 44.4 Å². The molecular weight excluding hydrogens is 530 g/mol. The summed E-state index contributed by atoms with van der Waals surface area (Å²) in [7, 11) is 0. The molecule has 2 fully saturated rings. The van der Waals surface area contributed by atoms with Gasteiger partial charge in [-0.3, -0.25) is 4.79 Å². The summed E-state index contributed by atoms with van der Waals surface area (Å²) in [5, 5.41) is 6.80. The number of hydrogen-bond donors (Lipinski definition) is 2. The number of nitrogens with one attached hydrogen (secondary N) is 2. The van der Waals surface area contributed by atoms with Crippen LogP contribution in [0.2, 0.25) is 0 Å². The standard InChI is InChI=1S/C33H37F4N3O/c1-21-12-15-27(19-28(21)33(35,36)37)38-20-24-8-6-18-40(32(41)30-22(2)7-5-11-29(30)34)31(24)23-13-16-26(17-14-23)39-25-9-3-4-10-25/h5,7,11-17,19,24-25,31,38-39H,3-4,6,8-10,18,20H2,1-2H3/t24?,31-/m0/s1. The van der Waals surface area contributed by atoms with E-state index in [-0.39, 0.29) is 29.0 Å². The lowest BCUT2D eigenvalue weighted by Gasteiger charge is -2.42. The van der Waals surface area contributed by atoms with E-state index in [4.69, 9.17) is 0 Å². The van der Waals surface area contributed by atoms with E-state index in [0.29, 0.717) is 36.8 Å². The first-order valence-corrected chi connectivity index (χ1v) is 14.5. The molecule has 2 N–H and O–H groups in total. The first-order valence-electron chi connectivity index (χ1n) is 14.5. The molecule has 3 aromatic carbocycles. The van der Waals surface area contributed by atoms with E-state index in [1.54, 1.807) is 30.0 Å². The largest absolute Gasteiger partial charge is 0.416 e. The molecule has 0 radical (unpaired) electrons. The van der Waals surface area contributed by atoms with Gasteiger partial charge in [-0.2, -0.15) is 13.2 Å². The van der Waals surface area contributed by atoms with Gasteiger partial charge in [0.15, 0.2) is 0 Å². The van der Waals surface area contributed by atoms with Crippen molar-refractivity contribution >= 4 is 17.3 Å². The van der Waals surface area contributed by atoms with E-state index >= 15 is 0 Å². The van der Waals surface area contributed by atoms with E-state index in [0.717, 1.165) is 36.6 Å². The third-order valence-corrected chi connectivity index (χ3v) is 8.54. The molecule has 2 aliphatic rings. The van der Waals surface area contributed by atoms with Crippen molar-refractivity contribution in [2.45, 2.75) is 70.6 Å². The maximum absolute atomic E-state index is 14.9. The first kappa shape index (κ1) is 29.0. The molecule has 4 nitrogen and oxygen atoms in total. The Morgan fingerprint density at radius 1 is 0.902 bits per heavy atom. The number of alkyl halides is 3. The van der Waals surface area contributed by atoms with Crippen molar-refractivity contribution in [2.24, 2.45) is 5.92 Å². The van der Waals surface area contributed by atoms with Crippen molar-refractivity contribution in [3.63, 3.8) is 0 Å². The van der Waals surface area contributed by atoms with Gasteiger partial charge in [0.2, 0.25) is 0 Å². The molecule has 1 heterocycles. The van der Waals surface area contributed by atoms with Gasteiger partial charge in [-0.05, 0) is 86.6 Å². The number of likely N-dealkylation sites (tertiary alicyclic amines) is 1. The van der Waals surface area contributed by atoms with Crippen LogP contribution >= 0.6 is 0 Å². The Balaban J connectivity index is 1.43. The predicted octanol–water partition coefficient (Wildman–Crippen LogP) is 8.52. The van der Waals surface area contributed by atoms with E-state index in [2.05, 4.69) is 10.6 Å². The lowest BCUT2D eigenvalue weighted by Crippen LogP contribution is -2.45. The van der Waals surface area contributed by atoms with Gasteiger partial charge in [0, 0.05) is 36.4 Å². The Hall–Kier alpha value is -3.55. The number of anilines is 2. The van der Waals surface area contributed by atoms with Crippen molar-refractivity contribution in [1.29, 1.82) is 0 Å². The Morgan fingerprint density at radius 3 is 2.29 bits per heavy atom. The van der Waals surface area contributed by atoms with Crippen molar-refractivity contribution in [2.75, 3.05) is 23.7 Å². The van der Waals surface area contributed by atoms with Crippen LogP contribution in [-0.2, 0) is 6.18 Å². The number of benzene rings is 3. The molecule has 1 amide bonds. The number of amides is 1. The number of aryl methyl sites for hydroxylation is 2. The lowest BCUT2D eigenvalue weighted by molar-refractivity contribution is -0.138. The van der Waals surface area contributed by atoms with Crippen molar-refractivity contribution in [1.82, 2.24) is 4.90 Å². The maximum Gasteiger partial charge on any atom is 0.416 e. The van der Waals surface area contributed by atoms with Gasteiger partial charge in [-0.15, -0.1) is 0 Å². The maximum atomic E-state index is 14.9. The van der Waals surface area contributed by atoms with Crippen LogP contribution in [0.1, 0.15) is 77.2 Å². The Morgan fingerprint density at radius 2 is 1.61 bits per heavy atom. The molecule has 1 saturated heterocycles. The molecule has 0 aromatic heterocycles.